The second kappa shape index (κ2) is 13.3. The molecule has 0 saturated carbocycles. The first-order valence-electron chi connectivity index (χ1n) is 12.9. The van der Waals surface area contributed by atoms with E-state index in [4.69, 9.17) is 29.2 Å². The van der Waals surface area contributed by atoms with Gasteiger partial charge in [0, 0.05) is 36.6 Å². The first kappa shape index (κ1) is 29.6. The second-order valence-electron chi connectivity index (χ2n) is 9.26. The number of amides is 1. The van der Waals surface area contributed by atoms with Crippen molar-refractivity contribution in [1.29, 1.82) is 0 Å². The first-order valence-corrected chi connectivity index (χ1v) is 13.7. The number of benzene rings is 1. The van der Waals surface area contributed by atoms with Crippen LogP contribution >= 0.6 is 11.3 Å². The van der Waals surface area contributed by atoms with Gasteiger partial charge in [-0.1, -0.05) is 0 Å². The molecule has 1 aliphatic heterocycles. The van der Waals surface area contributed by atoms with Gasteiger partial charge in [-0.2, -0.15) is 0 Å². The summed E-state index contributed by atoms with van der Waals surface area (Å²) in [6.45, 7) is 1.21. The van der Waals surface area contributed by atoms with Crippen LogP contribution in [0.3, 0.4) is 0 Å². The van der Waals surface area contributed by atoms with Gasteiger partial charge >= 0.3 is 11.9 Å². The van der Waals surface area contributed by atoms with E-state index in [0.29, 0.717) is 59.9 Å². The van der Waals surface area contributed by atoms with Crippen LogP contribution in [0.25, 0.3) is 10.1 Å². The largest absolute Gasteiger partial charge is 0.493 e. The average Bonchev–Trinajstić information content (AvgIpc) is 3.56. The molecule has 12 nitrogen and oxygen atoms in total. The third-order valence-corrected chi connectivity index (χ3v) is 7.51. The number of thiophene rings is 1. The molecule has 2 N–H and O–H groups in total. The number of fused-ring (bicyclic) bond motifs is 2. The summed E-state index contributed by atoms with van der Waals surface area (Å²) in [5.41, 5.74) is 1.50. The van der Waals surface area contributed by atoms with Gasteiger partial charge in [-0.3, -0.25) is 19.2 Å². The maximum absolute atomic E-state index is 12.3. The molecule has 218 valence electrons. The molecule has 0 radical (unpaired) electrons. The zero-order chi connectivity index (χ0) is 29.5. The number of hydrogen-bond acceptors (Lipinski definition) is 10. The highest BCUT2D eigenvalue weighted by Gasteiger charge is 2.27. The number of carboxylic acid groups (broad SMARTS) is 2. The zero-order valence-electron chi connectivity index (χ0n) is 22.6. The lowest BCUT2D eigenvalue weighted by Crippen LogP contribution is -2.25. The summed E-state index contributed by atoms with van der Waals surface area (Å²) in [5, 5.41) is 18.5. The minimum Gasteiger partial charge on any atom is -0.493 e. The van der Waals surface area contributed by atoms with E-state index in [0.717, 1.165) is 15.6 Å². The first-order chi connectivity index (χ1) is 19.7. The Morgan fingerprint density at radius 2 is 1.56 bits per heavy atom. The van der Waals surface area contributed by atoms with Gasteiger partial charge in [-0.25, -0.2) is 4.98 Å². The van der Waals surface area contributed by atoms with E-state index in [1.807, 2.05) is 0 Å². The van der Waals surface area contributed by atoms with E-state index in [9.17, 15) is 19.2 Å². The second-order valence-corrected chi connectivity index (χ2v) is 10.3. The number of nitrogens with zero attached hydrogens (tertiary/aromatic N) is 2. The van der Waals surface area contributed by atoms with E-state index in [-0.39, 0.29) is 43.9 Å². The molecule has 13 heteroatoms. The number of carbonyl (C=O) groups excluding carboxylic acids is 2. The molecule has 0 fully saturated rings. The third-order valence-electron chi connectivity index (χ3n) is 6.37. The molecule has 1 aromatic carbocycles. The van der Waals surface area contributed by atoms with E-state index in [1.54, 1.807) is 29.2 Å². The molecule has 1 amide bonds. The Kier molecular flexibility index (Phi) is 9.61. The maximum atomic E-state index is 12.3. The molecular weight excluding hydrogens is 556 g/mol. The summed E-state index contributed by atoms with van der Waals surface area (Å²) >= 11 is 1.28. The van der Waals surface area contributed by atoms with Crippen molar-refractivity contribution in [3.8, 4) is 23.1 Å². The smallest absolute Gasteiger partial charge is 0.303 e. The van der Waals surface area contributed by atoms with Crippen molar-refractivity contribution in [3.63, 3.8) is 0 Å². The summed E-state index contributed by atoms with van der Waals surface area (Å²) in [5.74, 6) is -0.757. The number of ether oxygens (including phenoxy) is 4. The van der Waals surface area contributed by atoms with Crippen LogP contribution in [-0.4, -0.2) is 71.2 Å². The predicted molar refractivity (Wildman–Crippen MR) is 147 cm³/mol. The van der Waals surface area contributed by atoms with Crippen LogP contribution in [-0.2, 0) is 27.5 Å². The number of carbonyl (C=O) groups is 4. The fourth-order valence-corrected chi connectivity index (χ4v) is 5.33. The van der Waals surface area contributed by atoms with Crippen molar-refractivity contribution in [2.75, 3.05) is 27.4 Å². The van der Waals surface area contributed by atoms with Crippen LogP contribution < -0.4 is 18.9 Å². The van der Waals surface area contributed by atoms with Gasteiger partial charge in [-0.05, 0) is 29.1 Å². The standard InChI is InChI=1S/C28H30N2O10S/c1-37-20-13-23-16(12-24(41-23)19(31)4-6-26(33)34)10-21(20)39-8-3-9-40-22-11-17-14-30(25(32)5-7-27(35)36)15-18(17)29-28(22)38-2/h10-13H,3-9,14-15H2,1-2H3,(H,33,34)(H,35,36). The molecule has 1 aliphatic rings. The van der Waals surface area contributed by atoms with E-state index in [2.05, 4.69) is 4.98 Å². The fraction of sp³-hybridized carbons (Fsp3) is 0.393. The number of hydrogen-bond donors (Lipinski definition) is 2. The molecule has 3 aromatic rings. The molecule has 0 bridgehead atoms. The van der Waals surface area contributed by atoms with Gasteiger partial charge in [0.15, 0.2) is 23.0 Å². The Hall–Kier alpha value is -4.39. The molecule has 4 rings (SSSR count). The average molecular weight is 587 g/mol. The molecular formula is C28H30N2O10S. The number of carboxylic acids is 2. The van der Waals surface area contributed by atoms with Crippen molar-refractivity contribution >= 4 is 45.1 Å². The number of Topliss-reactive ketones (excluding diaryl/α,β-unsaturated/α-hetero) is 1. The molecule has 0 spiro atoms. The summed E-state index contributed by atoms with van der Waals surface area (Å²) in [4.78, 5) is 52.8. The zero-order valence-corrected chi connectivity index (χ0v) is 23.5. The Labute approximate surface area is 239 Å². The van der Waals surface area contributed by atoms with Gasteiger partial charge in [0.1, 0.15) is 0 Å². The minimum atomic E-state index is -1.02. The number of rotatable bonds is 15. The van der Waals surface area contributed by atoms with E-state index < -0.39 is 11.9 Å². The number of aliphatic carboxylic acids is 2. The Morgan fingerprint density at radius 1 is 0.854 bits per heavy atom. The molecule has 0 atom stereocenters. The SMILES string of the molecule is COc1cc2sc(C(=O)CCC(=O)O)cc2cc1OCCCOc1cc2c(nc1OC)CN(C(=O)CCC(=O)O)C2. The van der Waals surface area contributed by atoms with E-state index in [1.165, 1.54) is 25.6 Å². The van der Waals surface area contributed by atoms with E-state index >= 15 is 0 Å². The third kappa shape index (κ3) is 7.42. The lowest BCUT2D eigenvalue weighted by atomic mass is 10.1. The van der Waals surface area contributed by atoms with Crippen LogP contribution in [0.4, 0.5) is 0 Å². The minimum absolute atomic E-state index is 0.0592. The number of pyridine rings is 1. The van der Waals surface area contributed by atoms with Crippen molar-refractivity contribution in [3.05, 3.63) is 40.4 Å². The van der Waals surface area contributed by atoms with Gasteiger partial charge in [0.05, 0.1) is 57.4 Å². The fourth-order valence-electron chi connectivity index (χ4n) is 4.29. The van der Waals surface area contributed by atoms with Crippen LogP contribution in [0, 0.1) is 0 Å². The van der Waals surface area contributed by atoms with Crippen molar-refractivity contribution < 1.29 is 48.3 Å². The summed E-state index contributed by atoms with van der Waals surface area (Å²) in [6, 6.07) is 7.09. The number of aromatic nitrogens is 1. The predicted octanol–water partition coefficient (Wildman–Crippen LogP) is 3.92. The van der Waals surface area contributed by atoms with Crippen molar-refractivity contribution in [1.82, 2.24) is 9.88 Å². The lowest BCUT2D eigenvalue weighted by molar-refractivity contribution is -0.141. The monoisotopic (exact) mass is 586 g/mol. The molecule has 2 aromatic heterocycles. The quantitative estimate of drug-likeness (QED) is 0.196. The number of ketones is 1. The van der Waals surface area contributed by atoms with Crippen molar-refractivity contribution in [2.45, 2.75) is 45.2 Å². The lowest BCUT2D eigenvalue weighted by Gasteiger charge is -2.14. The van der Waals surface area contributed by atoms with Gasteiger partial charge in [0.2, 0.25) is 5.91 Å². The molecule has 0 aliphatic carbocycles. The van der Waals surface area contributed by atoms with Crippen LogP contribution in [0.1, 0.15) is 53.0 Å². The summed E-state index contributed by atoms with van der Waals surface area (Å²) < 4.78 is 23.5. The maximum Gasteiger partial charge on any atom is 0.303 e. The van der Waals surface area contributed by atoms with Gasteiger partial charge < -0.3 is 34.1 Å². The number of methoxy groups -OCH3 is 2. The van der Waals surface area contributed by atoms with Crippen LogP contribution in [0.15, 0.2) is 24.3 Å². The Bertz CT molecular complexity index is 1470. The molecule has 41 heavy (non-hydrogen) atoms. The summed E-state index contributed by atoms with van der Waals surface area (Å²) in [6.07, 6.45) is -0.0474. The van der Waals surface area contributed by atoms with Crippen LogP contribution in [0.5, 0.6) is 23.1 Å². The Morgan fingerprint density at radius 3 is 2.24 bits per heavy atom. The normalized spacial score (nSPS) is 12.2. The topological polar surface area (TPSA) is 162 Å². The highest BCUT2D eigenvalue weighted by atomic mass is 32.1. The highest BCUT2D eigenvalue weighted by Crippen LogP contribution is 2.37. The highest BCUT2D eigenvalue weighted by molar-refractivity contribution is 7.20. The van der Waals surface area contributed by atoms with Gasteiger partial charge in [0.25, 0.3) is 5.88 Å². The molecule has 3 heterocycles. The summed E-state index contributed by atoms with van der Waals surface area (Å²) in [7, 11) is 3.01. The molecule has 0 saturated heterocycles. The van der Waals surface area contributed by atoms with Crippen LogP contribution in [0.2, 0.25) is 0 Å². The van der Waals surface area contributed by atoms with Crippen molar-refractivity contribution in [2.24, 2.45) is 0 Å². The molecule has 0 unspecified atom stereocenters. The van der Waals surface area contributed by atoms with Gasteiger partial charge in [-0.15, -0.1) is 11.3 Å². The Balaban J connectivity index is 1.33.